The van der Waals surface area contributed by atoms with Crippen molar-refractivity contribution >= 4 is 23.6 Å². The van der Waals surface area contributed by atoms with Crippen LogP contribution in [0.2, 0.25) is 5.02 Å². The van der Waals surface area contributed by atoms with E-state index in [9.17, 15) is 9.59 Å². The van der Waals surface area contributed by atoms with Crippen LogP contribution in [0.1, 0.15) is 44.1 Å². The van der Waals surface area contributed by atoms with Crippen molar-refractivity contribution in [2.75, 3.05) is 26.7 Å². The Labute approximate surface area is 159 Å². The summed E-state index contributed by atoms with van der Waals surface area (Å²) in [6, 6.07) is 7.75. The summed E-state index contributed by atoms with van der Waals surface area (Å²) < 4.78 is 5.62. The van der Waals surface area contributed by atoms with E-state index in [1.54, 1.807) is 11.9 Å². The van der Waals surface area contributed by atoms with Crippen LogP contribution in [-0.4, -0.2) is 54.1 Å². The van der Waals surface area contributed by atoms with Crippen LogP contribution >= 0.6 is 11.6 Å². The van der Waals surface area contributed by atoms with Crippen LogP contribution in [0.4, 0.5) is 4.79 Å². The van der Waals surface area contributed by atoms with Gasteiger partial charge in [-0.15, -0.1) is 0 Å². The Morgan fingerprint density at radius 3 is 2.38 bits per heavy atom. The van der Waals surface area contributed by atoms with Crippen molar-refractivity contribution in [2.24, 2.45) is 0 Å². The number of rotatable bonds is 2. The van der Waals surface area contributed by atoms with Gasteiger partial charge in [-0.1, -0.05) is 43.0 Å². The van der Waals surface area contributed by atoms with Crippen molar-refractivity contribution in [1.82, 2.24) is 9.80 Å². The second-order valence-electron chi connectivity index (χ2n) is 8.03. The van der Waals surface area contributed by atoms with E-state index in [0.29, 0.717) is 31.1 Å². The highest BCUT2D eigenvalue weighted by molar-refractivity contribution is 6.30. The van der Waals surface area contributed by atoms with E-state index >= 15 is 0 Å². The first-order valence-electron chi connectivity index (χ1n) is 9.44. The van der Waals surface area contributed by atoms with E-state index in [1.165, 1.54) is 6.42 Å². The smallest absolute Gasteiger partial charge is 0.410 e. The Hall–Kier alpha value is -1.75. The van der Waals surface area contributed by atoms with Crippen molar-refractivity contribution in [2.45, 2.75) is 49.5 Å². The number of carbonyl (C=O) groups excluding carboxylic acids is 2. The molecule has 2 aliphatic heterocycles. The molecule has 1 aromatic carbocycles. The minimum absolute atomic E-state index is 0.182. The maximum atomic E-state index is 13.6. The van der Waals surface area contributed by atoms with E-state index in [0.717, 1.165) is 31.2 Å². The van der Waals surface area contributed by atoms with Crippen LogP contribution in [0.5, 0.6) is 0 Å². The summed E-state index contributed by atoms with van der Waals surface area (Å²) in [6.07, 6.45) is 5.47. The Bertz CT molecular complexity index is 714. The molecule has 3 aliphatic rings. The lowest BCUT2D eigenvalue weighted by Crippen LogP contribution is -2.49. The lowest BCUT2D eigenvalue weighted by Gasteiger charge is -2.39. The Balaban J connectivity index is 1.60. The molecule has 0 radical (unpaired) electrons. The fraction of sp³-hybridized carbons (Fsp3) is 0.600. The average molecular weight is 377 g/mol. The van der Waals surface area contributed by atoms with Gasteiger partial charge in [-0.05, 0) is 30.5 Å². The number of nitrogens with zero attached hydrogens (tertiary/aromatic N) is 2. The third-order valence-corrected chi connectivity index (χ3v) is 6.51. The summed E-state index contributed by atoms with van der Waals surface area (Å²) in [5, 5.41) is 0.688. The normalized spacial score (nSPS) is 27.8. The van der Waals surface area contributed by atoms with Crippen LogP contribution in [0.25, 0.3) is 0 Å². The predicted molar refractivity (Wildman–Crippen MR) is 99.3 cm³/mol. The van der Waals surface area contributed by atoms with Crippen LogP contribution in [0.3, 0.4) is 0 Å². The monoisotopic (exact) mass is 376 g/mol. The largest absolute Gasteiger partial charge is 0.439 e. The van der Waals surface area contributed by atoms with Gasteiger partial charge < -0.3 is 14.5 Å². The SMILES string of the molecule is CN1C[C@]2(CCN(C(=O)C3(c4ccc(Cl)cc4)CCCCC3)C2)OC1=O. The van der Waals surface area contributed by atoms with Crippen molar-refractivity contribution in [1.29, 1.82) is 0 Å². The molecular weight excluding hydrogens is 352 g/mol. The van der Waals surface area contributed by atoms with Gasteiger partial charge in [0.05, 0.1) is 18.5 Å². The molecule has 4 rings (SSSR count). The fourth-order valence-corrected chi connectivity index (χ4v) is 5.00. The second-order valence-corrected chi connectivity index (χ2v) is 8.47. The van der Waals surface area contributed by atoms with Crippen molar-refractivity contribution in [3.8, 4) is 0 Å². The topological polar surface area (TPSA) is 49.9 Å². The maximum Gasteiger partial charge on any atom is 0.410 e. The Morgan fingerprint density at radius 2 is 1.77 bits per heavy atom. The molecule has 0 N–H and O–H groups in total. The molecule has 1 saturated carbocycles. The molecule has 0 bridgehead atoms. The molecule has 26 heavy (non-hydrogen) atoms. The van der Waals surface area contributed by atoms with E-state index < -0.39 is 11.0 Å². The van der Waals surface area contributed by atoms with Crippen LogP contribution in [-0.2, 0) is 14.9 Å². The first kappa shape index (κ1) is 17.7. The molecule has 2 saturated heterocycles. The zero-order valence-electron chi connectivity index (χ0n) is 15.2. The minimum Gasteiger partial charge on any atom is -0.439 e. The summed E-state index contributed by atoms with van der Waals surface area (Å²) in [5.74, 6) is 0.182. The van der Waals surface area contributed by atoms with Gasteiger partial charge in [-0.25, -0.2) is 4.79 Å². The lowest BCUT2D eigenvalue weighted by molar-refractivity contribution is -0.138. The van der Waals surface area contributed by atoms with E-state index in [4.69, 9.17) is 16.3 Å². The van der Waals surface area contributed by atoms with Gasteiger partial charge >= 0.3 is 6.09 Å². The van der Waals surface area contributed by atoms with Crippen molar-refractivity contribution in [3.05, 3.63) is 34.9 Å². The van der Waals surface area contributed by atoms with Gasteiger partial charge in [0.15, 0.2) is 5.60 Å². The zero-order chi connectivity index (χ0) is 18.4. The van der Waals surface area contributed by atoms with Gasteiger partial charge in [0, 0.05) is 25.0 Å². The van der Waals surface area contributed by atoms with Gasteiger partial charge in [0.1, 0.15) is 0 Å². The number of amides is 2. The molecule has 140 valence electrons. The highest BCUT2D eigenvalue weighted by Gasteiger charge is 2.52. The maximum absolute atomic E-state index is 13.6. The first-order valence-corrected chi connectivity index (χ1v) is 9.82. The third-order valence-electron chi connectivity index (χ3n) is 6.26. The standard InChI is InChI=1S/C20H25ClN2O3/c1-22-13-19(26-18(22)25)11-12-23(14-19)17(24)20(9-3-2-4-10-20)15-5-7-16(21)8-6-15/h5-8H,2-4,9-14H2,1H3/t19-/m0/s1. The summed E-state index contributed by atoms with van der Waals surface area (Å²) in [5.41, 5.74) is 0.0633. The highest BCUT2D eigenvalue weighted by atomic mass is 35.5. The number of likely N-dealkylation sites (N-methyl/N-ethyl adjacent to an activating group) is 1. The lowest BCUT2D eigenvalue weighted by atomic mass is 9.68. The van der Waals surface area contributed by atoms with Gasteiger partial charge in [-0.3, -0.25) is 4.79 Å². The molecule has 5 nitrogen and oxygen atoms in total. The third kappa shape index (κ3) is 2.86. The molecule has 0 aromatic heterocycles. The van der Waals surface area contributed by atoms with Gasteiger partial charge in [0.25, 0.3) is 0 Å². The summed E-state index contributed by atoms with van der Waals surface area (Å²) in [6.45, 7) is 1.70. The molecule has 1 atom stereocenters. The van der Waals surface area contributed by atoms with E-state index in [1.807, 2.05) is 29.2 Å². The molecule has 2 amide bonds. The summed E-state index contributed by atoms with van der Waals surface area (Å²) in [7, 11) is 1.75. The highest BCUT2D eigenvalue weighted by Crippen LogP contribution is 2.43. The Kier molecular flexibility index (Phi) is 4.38. The number of ether oxygens (including phenoxy) is 1. The number of benzene rings is 1. The molecule has 1 spiro atoms. The average Bonchev–Trinajstić information content (AvgIpc) is 3.17. The number of hydrogen-bond donors (Lipinski definition) is 0. The Morgan fingerprint density at radius 1 is 1.08 bits per heavy atom. The van der Waals surface area contributed by atoms with Crippen LogP contribution in [0.15, 0.2) is 24.3 Å². The van der Waals surface area contributed by atoms with Crippen LogP contribution < -0.4 is 0 Å². The fourth-order valence-electron chi connectivity index (χ4n) is 4.88. The van der Waals surface area contributed by atoms with Crippen molar-refractivity contribution < 1.29 is 14.3 Å². The summed E-state index contributed by atoms with van der Waals surface area (Å²) >= 11 is 6.06. The predicted octanol–water partition coefficient (Wildman–Crippen LogP) is 3.60. The minimum atomic E-state index is -0.530. The zero-order valence-corrected chi connectivity index (χ0v) is 15.9. The number of likely N-dealkylation sites (tertiary alicyclic amines) is 1. The molecular formula is C20H25ClN2O3. The quantitative estimate of drug-likeness (QED) is 0.792. The summed E-state index contributed by atoms with van der Waals surface area (Å²) in [4.78, 5) is 29.0. The molecule has 1 aliphatic carbocycles. The molecule has 1 aromatic rings. The molecule has 0 unspecified atom stereocenters. The van der Waals surface area contributed by atoms with E-state index in [2.05, 4.69) is 0 Å². The van der Waals surface area contributed by atoms with Gasteiger partial charge in [0.2, 0.25) is 5.91 Å². The second kappa shape index (κ2) is 6.45. The van der Waals surface area contributed by atoms with Gasteiger partial charge in [-0.2, -0.15) is 0 Å². The number of halogens is 1. The number of carbonyl (C=O) groups is 2. The molecule has 6 heteroatoms. The number of hydrogen-bond acceptors (Lipinski definition) is 3. The molecule has 3 fully saturated rings. The first-order chi connectivity index (χ1) is 12.4. The molecule has 2 heterocycles. The van der Waals surface area contributed by atoms with Crippen LogP contribution in [0, 0.1) is 0 Å². The van der Waals surface area contributed by atoms with Crippen molar-refractivity contribution in [3.63, 3.8) is 0 Å². The van der Waals surface area contributed by atoms with E-state index in [-0.39, 0.29) is 12.0 Å².